The Morgan fingerprint density at radius 3 is 2.61 bits per heavy atom. The third kappa shape index (κ3) is 2.88. The zero-order chi connectivity index (χ0) is 13.9. The van der Waals surface area contributed by atoms with Crippen molar-refractivity contribution in [2.75, 3.05) is 25.1 Å². The molecule has 7 nitrogen and oxygen atoms in total. The second-order valence-corrected chi connectivity index (χ2v) is 3.94. The van der Waals surface area contributed by atoms with E-state index in [9.17, 15) is 14.9 Å². The Balaban J connectivity index is 3.40. The fraction of sp³-hybridized carbons (Fsp3) is 0.300. The summed E-state index contributed by atoms with van der Waals surface area (Å²) >= 11 is 5.86. The predicted molar refractivity (Wildman–Crippen MR) is 65.4 cm³/mol. The van der Waals surface area contributed by atoms with Gasteiger partial charge >= 0.3 is 5.97 Å². The van der Waals surface area contributed by atoms with Crippen molar-refractivity contribution < 1.29 is 19.9 Å². The summed E-state index contributed by atoms with van der Waals surface area (Å²) in [7, 11) is 1.54. The molecule has 0 saturated carbocycles. The molecule has 0 amide bonds. The van der Waals surface area contributed by atoms with Gasteiger partial charge in [-0.2, -0.15) is 0 Å². The average molecular weight is 275 g/mol. The number of aliphatic hydroxyl groups excluding tert-OH is 1. The van der Waals surface area contributed by atoms with Crippen molar-refractivity contribution in [1.29, 1.82) is 0 Å². The maximum absolute atomic E-state index is 11.1. The van der Waals surface area contributed by atoms with Crippen LogP contribution in [0.1, 0.15) is 10.4 Å². The highest BCUT2D eigenvalue weighted by Gasteiger charge is 2.22. The first-order valence-electron chi connectivity index (χ1n) is 4.91. The van der Waals surface area contributed by atoms with Gasteiger partial charge < -0.3 is 15.1 Å². The van der Waals surface area contributed by atoms with Gasteiger partial charge in [0.2, 0.25) is 0 Å². The van der Waals surface area contributed by atoms with Crippen LogP contribution in [0.4, 0.5) is 11.4 Å². The van der Waals surface area contributed by atoms with E-state index in [-0.39, 0.29) is 29.4 Å². The lowest BCUT2D eigenvalue weighted by Gasteiger charge is -2.21. The van der Waals surface area contributed by atoms with Crippen LogP contribution in [0.2, 0.25) is 5.02 Å². The highest BCUT2D eigenvalue weighted by molar-refractivity contribution is 6.34. The molecule has 98 valence electrons. The van der Waals surface area contributed by atoms with Gasteiger partial charge in [0.05, 0.1) is 27.8 Å². The van der Waals surface area contributed by atoms with Gasteiger partial charge in [-0.25, -0.2) is 4.79 Å². The lowest BCUT2D eigenvalue weighted by atomic mass is 10.1. The van der Waals surface area contributed by atoms with E-state index in [0.29, 0.717) is 0 Å². The number of hydrogen-bond acceptors (Lipinski definition) is 5. The van der Waals surface area contributed by atoms with Crippen molar-refractivity contribution in [2.45, 2.75) is 0 Å². The Labute approximate surface area is 107 Å². The Morgan fingerprint density at radius 1 is 1.56 bits per heavy atom. The predicted octanol–water partition coefficient (Wildman–Crippen LogP) is 1.37. The van der Waals surface area contributed by atoms with Gasteiger partial charge in [0.1, 0.15) is 0 Å². The van der Waals surface area contributed by atoms with Crippen molar-refractivity contribution >= 4 is 28.9 Å². The first-order chi connectivity index (χ1) is 8.38. The van der Waals surface area contributed by atoms with Crippen LogP contribution in [0.3, 0.4) is 0 Å². The molecule has 1 aromatic carbocycles. The molecule has 0 bridgehead atoms. The molecule has 0 aliphatic rings. The van der Waals surface area contributed by atoms with Crippen LogP contribution in [0.5, 0.6) is 0 Å². The highest BCUT2D eigenvalue weighted by atomic mass is 35.5. The summed E-state index contributed by atoms with van der Waals surface area (Å²) in [6, 6.07) is 2.02. The molecule has 0 atom stereocenters. The summed E-state index contributed by atoms with van der Waals surface area (Å²) in [5.41, 5.74) is -0.521. The van der Waals surface area contributed by atoms with Crippen LogP contribution < -0.4 is 4.90 Å². The number of rotatable bonds is 5. The quantitative estimate of drug-likeness (QED) is 0.621. The number of non-ortho nitro benzene ring substituents is 1. The number of carboxylic acids is 1. The minimum absolute atomic E-state index is 0.0439. The number of nitro groups is 1. The molecule has 0 aromatic heterocycles. The van der Waals surface area contributed by atoms with E-state index in [2.05, 4.69) is 0 Å². The van der Waals surface area contributed by atoms with E-state index >= 15 is 0 Å². The van der Waals surface area contributed by atoms with Crippen molar-refractivity contribution in [2.24, 2.45) is 0 Å². The standard InChI is InChI=1S/C10H11ClN2O5/c1-12(2-3-14)9-7(10(15)16)4-6(13(17)18)5-8(9)11/h4-5,14H,2-3H2,1H3,(H,15,16). The highest BCUT2D eigenvalue weighted by Crippen LogP contribution is 2.33. The van der Waals surface area contributed by atoms with E-state index in [1.54, 1.807) is 0 Å². The first kappa shape index (κ1) is 14.2. The van der Waals surface area contributed by atoms with Gasteiger partial charge in [-0.05, 0) is 0 Å². The number of anilines is 1. The number of carboxylic acid groups (broad SMARTS) is 1. The summed E-state index contributed by atoms with van der Waals surface area (Å²) in [4.78, 5) is 22.4. The molecule has 2 N–H and O–H groups in total. The molecule has 0 radical (unpaired) electrons. The van der Waals surface area contributed by atoms with Crippen LogP contribution in [-0.2, 0) is 0 Å². The van der Waals surface area contributed by atoms with Crippen LogP contribution in [0.15, 0.2) is 12.1 Å². The summed E-state index contributed by atoms with van der Waals surface area (Å²) in [6.45, 7) is -0.0271. The topological polar surface area (TPSA) is 104 Å². The van der Waals surface area contributed by atoms with Gasteiger partial charge in [0, 0.05) is 25.7 Å². The first-order valence-corrected chi connectivity index (χ1v) is 5.29. The summed E-state index contributed by atoms with van der Waals surface area (Å²) < 4.78 is 0. The Kier molecular flexibility index (Phi) is 4.46. The summed E-state index contributed by atoms with van der Waals surface area (Å²) in [6.07, 6.45) is 0. The molecule has 1 rings (SSSR count). The Morgan fingerprint density at radius 2 is 2.17 bits per heavy atom. The molecule has 0 heterocycles. The third-order valence-corrected chi connectivity index (χ3v) is 2.59. The minimum Gasteiger partial charge on any atom is -0.478 e. The van der Waals surface area contributed by atoms with Gasteiger partial charge in [-0.1, -0.05) is 11.6 Å². The smallest absolute Gasteiger partial charge is 0.338 e. The fourth-order valence-corrected chi connectivity index (χ4v) is 1.86. The van der Waals surface area contributed by atoms with Gasteiger partial charge in [0.15, 0.2) is 0 Å². The minimum atomic E-state index is -1.32. The van der Waals surface area contributed by atoms with Crippen molar-refractivity contribution in [3.05, 3.63) is 32.8 Å². The molecule has 0 unspecified atom stereocenters. The fourth-order valence-electron chi connectivity index (χ4n) is 1.50. The second kappa shape index (κ2) is 5.65. The summed E-state index contributed by atoms with van der Waals surface area (Å²) in [5, 5.41) is 28.5. The SMILES string of the molecule is CN(CCO)c1c(Cl)cc([N+](=O)[O-])cc1C(=O)O. The average Bonchev–Trinajstić information content (AvgIpc) is 2.27. The van der Waals surface area contributed by atoms with Crippen molar-refractivity contribution in [3.63, 3.8) is 0 Å². The molecule has 0 aliphatic heterocycles. The molecule has 18 heavy (non-hydrogen) atoms. The zero-order valence-electron chi connectivity index (χ0n) is 9.46. The number of halogens is 1. The van der Waals surface area contributed by atoms with Crippen molar-refractivity contribution in [1.82, 2.24) is 0 Å². The maximum Gasteiger partial charge on any atom is 0.338 e. The van der Waals surface area contributed by atoms with E-state index in [1.807, 2.05) is 0 Å². The van der Waals surface area contributed by atoms with E-state index in [0.717, 1.165) is 12.1 Å². The molecule has 0 spiro atoms. The molecule has 0 saturated heterocycles. The summed E-state index contributed by atoms with van der Waals surface area (Å²) in [5.74, 6) is -1.32. The zero-order valence-corrected chi connectivity index (χ0v) is 10.2. The second-order valence-electron chi connectivity index (χ2n) is 3.53. The number of aromatic carboxylic acids is 1. The van der Waals surface area contributed by atoms with Crippen LogP contribution in [-0.4, -0.2) is 41.3 Å². The molecular formula is C10H11ClN2O5. The van der Waals surface area contributed by atoms with Gasteiger partial charge in [-0.15, -0.1) is 0 Å². The number of nitrogens with zero attached hydrogens (tertiary/aromatic N) is 2. The third-order valence-electron chi connectivity index (χ3n) is 2.31. The number of aliphatic hydroxyl groups is 1. The monoisotopic (exact) mass is 274 g/mol. The van der Waals surface area contributed by atoms with E-state index in [4.69, 9.17) is 21.8 Å². The number of likely N-dealkylation sites (N-methyl/N-ethyl adjacent to an activating group) is 1. The molecule has 0 fully saturated rings. The molecule has 8 heteroatoms. The Hall–Kier alpha value is -1.86. The molecule has 1 aromatic rings. The number of benzene rings is 1. The lowest BCUT2D eigenvalue weighted by molar-refractivity contribution is -0.384. The molecule has 0 aliphatic carbocycles. The van der Waals surface area contributed by atoms with Crippen LogP contribution in [0.25, 0.3) is 0 Å². The van der Waals surface area contributed by atoms with E-state index in [1.165, 1.54) is 11.9 Å². The lowest BCUT2D eigenvalue weighted by Crippen LogP contribution is -2.24. The number of carbonyl (C=O) groups is 1. The normalized spacial score (nSPS) is 10.2. The van der Waals surface area contributed by atoms with Crippen LogP contribution in [0, 0.1) is 10.1 Å². The maximum atomic E-state index is 11.1. The van der Waals surface area contributed by atoms with Gasteiger partial charge in [0.25, 0.3) is 5.69 Å². The largest absolute Gasteiger partial charge is 0.478 e. The van der Waals surface area contributed by atoms with Crippen LogP contribution >= 0.6 is 11.6 Å². The Bertz CT molecular complexity index is 491. The number of nitro benzene ring substituents is 1. The number of hydrogen-bond donors (Lipinski definition) is 2. The molecular weight excluding hydrogens is 264 g/mol. The van der Waals surface area contributed by atoms with E-state index < -0.39 is 16.6 Å². The van der Waals surface area contributed by atoms with Crippen molar-refractivity contribution in [3.8, 4) is 0 Å². The van der Waals surface area contributed by atoms with Gasteiger partial charge in [-0.3, -0.25) is 10.1 Å².